The molecular weight excluding hydrogens is 604 g/mol. The number of carboxylic acids is 2. The second kappa shape index (κ2) is 45.2. The predicted octanol–water partition coefficient (Wildman–Crippen LogP) is 9.87. The standard InChI is InChI=1S/2C18H36O2.O.Zr/c2*1-2-3-4-5-6-7-8-9-10-11-12-13-14-15-16-17-18(19)20;;/h2*2-17H2,1H3,(H,19,20);;/q;;-2;+4/p-2. The molecule has 0 rings (SSSR count). The molecule has 0 aromatic carbocycles. The Kier molecular flexibility index (Phi) is 52.4. The van der Waals surface area contributed by atoms with Crippen LogP contribution >= 0.6 is 0 Å². The first-order chi connectivity index (χ1) is 19.5. The Hall–Kier alpha value is -0.217. The summed E-state index contributed by atoms with van der Waals surface area (Å²) in [6, 6.07) is 0. The Balaban J connectivity index is -0.000000328. The van der Waals surface area contributed by atoms with Crippen molar-refractivity contribution in [1.82, 2.24) is 0 Å². The third-order valence-electron chi connectivity index (χ3n) is 7.97. The topological polar surface area (TPSA) is 109 Å². The van der Waals surface area contributed by atoms with E-state index in [1.54, 1.807) is 0 Å². The number of carbonyl (C=O) groups is 2. The van der Waals surface area contributed by atoms with Crippen molar-refractivity contribution in [3.8, 4) is 0 Å². The van der Waals surface area contributed by atoms with Gasteiger partial charge in [-0.05, 0) is 25.7 Å². The van der Waals surface area contributed by atoms with Gasteiger partial charge in [-0.1, -0.05) is 194 Å². The summed E-state index contributed by atoms with van der Waals surface area (Å²) in [6.07, 6.45) is 39.7. The van der Waals surface area contributed by atoms with Crippen LogP contribution < -0.4 is 10.2 Å². The van der Waals surface area contributed by atoms with E-state index < -0.39 is 11.9 Å². The van der Waals surface area contributed by atoms with Crippen molar-refractivity contribution in [2.24, 2.45) is 0 Å². The fourth-order valence-electron chi connectivity index (χ4n) is 5.28. The molecule has 0 aromatic rings. The molecule has 0 saturated heterocycles. The van der Waals surface area contributed by atoms with Crippen molar-refractivity contribution in [3.05, 3.63) is 0 Å². The molecule has 5 nitrogen and oxygen atoms in total. The van der Waals surface area contributed by atoms with Gasteiger partial charge in [0.15, 0.2) is 0 Å². The largest absolute Gasteiger partial charge is 4.00 e. The van der Waals surface area contributed by atoms with Gasteiger partial charge in [0.05, 0.1) is 0 Å². The fourth-order valence-corrected chi connectivity index (χ4v) is 5.28. The molecule has 6 heteroatoms. The number of rotatable bonds is 32. The molecule has 0 bridgehead atoms. The summed E-state index contributed by atoms with van der Waals surface area (Å²) in [5, 5.41) is 20.4. The van der Waals surface area contributed by atoms with E-state index in [-0.39, 0.29) is 44.5 Å². The van der Waals surface area contributed by atoms with E-state index in [9.17, 15) is 19.8 Å². The Morgan fingerprint density at radius 3 is 0.619 bits per heavy atom. The molecule has 0 amide bonds. The van der Waals surface area contributed by atoms with Crippen molar-refractivity contribution in [2.75, 3.05) is 0 Å². The van der Waals surface area contributed by atoms with Crippen LogP contribution in [0.4, 0.5) is 0 Å². The molecule has 0 saturated carbocycles. The average molecular weight is 674 g/mol. The monoisotopic (exact) mass is 672 g/mol. The van der Waals surface area contributed by atoms with Crippen LogP contribution in [0.25, 0.3) is 0 Å². The Labute approximate surface area is 281 Å². The summed E-state index contributed by atoms with van der Waals surface area (Å²) in [7, 11) is 0. The Morgan fingerprint density at radius 1 is 0.333 bits per heavy atom. The molecule has 0 spiro atoms. The SMILES string of the molecule is CCCCCCCCCCCCCCCCCC(=O)[O-].CCCCCCCCCCCCCCCCCC(=O)[O-].[O-2].[Zr+4]. The molecule has 0 aromatic heterocycles. The number of hydrogen-bond donors (Lipinski definition) is 0. The predicted molar refractivity (Wildman–Crippen MR) is 170 cm³/mol. The summed E-state index contributed by atoms with van der Waals surface area (Å²) < 4.78 is 0. The number of aliphatic carboxylic acids is 2. The average Bonchev–Trinajstić information content (AvgIpc) is 2.93. The summed E-state index contributed by atoms with van der Waals surface area (Å²) in [4.78, 5) is 20.4. The van der Waals surface area contributed by atoms with Gasteiger partial charge in [-0.3, -0.25) is 0 Å². The molecule has 248 valence electrons. The van der Waals surface area contributed by atoms with E-state index in [0.29, 0.717) is 0 Å². The van der Waals surface area contributed by atoms with Gasteiger partial charge in [-0.25, -0.2) is 0 Å². The van der Waals surface area contributed by atoms with Crippen LogP contribution in [0.15, 0.2) is 0 Å². The molecule has 0 fully saturated rings. The van der Waals surface area contributed by atoms with E-state index in [1.165, 1.54) is 167 Å². The van der Waals surface area contributed by atoms with E-state index in [1.807, 2.05) is 0 Å². The molecule has 0 aliphatic heterocycles. The van der Waals surface area contributed by atoms with Gasteiger partial charge in [0.1, 0.15) is 0 Å². The third kappa shape index (κ3) is 52.4. The molecule has 42 heavy (non-hydrogen) atoms. The fraction of sp³-hybridized carbons (Fsp3) is 0.944. The molecule has 0 aliphatic rings. The Bertz CT molecular complexity index is 457. The van der Waals surface area contributed by atoms with Gasteiger partial charge in [0.25, 0.3) is 0 Å². The minimum absolute atomic E-state index is 0. The van der Waals surface area contributed by atoms with Gasteiger partial charge >= 0.3 is 26.2 Å². The van der Waals surface area contributed by atoms with Crippen LogP contribution in [-0.4, -0.2) is 11.9 Å². The maximum absolute atomic E-state index is 10.2. The van der Waals surface area contributed by atoms with Gasteiger partial charge < -0.3 is 25.3 Å². The molecule has 0 heterocycles. The number of hydrogen-bond acceptors (Lipinski definition) is 4. The summed E-state index contributed by atoms with van der Waals surface area (Å²) in [5.74, 6) is -1.81. The first-order valence-corrected chi connectivity index (χ1v) is 17.9. The van der Waals surface area contributed by atoms with Crippen molar-refractivity contribution in [1.29, 1.82) is 0 Å². The second-order valence-corrected chi connectivity index (χ2v) is 12.1. The minimum atomic E-state index is -0.903. The smallest absolute Gasteiger partial charge is 2.00 e. The zero-order chi connectivity index (χ0) is 29.8. The van der Waals surface area contributed by atoms with Crippen LogP contribution in [-0.2, 0) is 41.3 Å². The normalized spacial score (nSPS) is 10.3. The molecule has 0 aliphatic carbocycles. The van der Waals surface area contributed by atoms with Crippen molar-refractivity contribution in [2.45, 2.75) is 219 Å². The van der Waals surface area contributed by atoms with Crippen LogP contribution in [0.1, 0.15) is 219 Å². The maximum atomic E-state index is 10.2. The molecule has 0 radical (unpaired) electrons. The summed E-state index contributed by atoms with van der Waals surface area (Å²) in [6.45, 7) is 4.53. The van der Waals surface area contributed by atoms with Crippen LogP contribution in [0, 0.1) is 0 Å². The van der Waals surface area contributed by atoms with Crippen molar-refractivity contribution < 1.29 is 51.5 Å². The molecule has 0 N–H and O–H groups in total. The molecule has 0 unspecified atom stereocenters. The number of unbranched alkanes of at least 4 members (excludes halogenated alkanes) is 28. The van der Waals surface area contributed by atoms with E-state index in [0.717, 1.165) is 25.7 Å². The second-order valence-electron chi connectivity index (χ2n) is 12.1. The summed E-state index contributed by atoms with van der Waals surface area (Å²) >= 11 is 0. The van der Waals surface area contributed by atoms with E-state index in [4.69, 9.17) is 0 Å². The quantitative estimate of drug-likeness (QED) is 0.0662. The van der Waals surface area contributed by atoms with Gasteiger partial charge in [-0.15, -0.1) is 0 Å². The summed E-state index contributed by atoms with van der Waals surface area (Å²) in [5.41, 5.74) is 0. The van der Waals surface area contributed by atoms with Gasteiger partial charge in [0, 0.05) is 11.9 Å². The molecular formula is C36H70O5Zr. The maximum Gasteiger partial charge on any atom is 4.00 e. The Morgan fingerprint density at radius 2 is 0.476 bits per heavy atom. The van der Waals surface area contributed by atoms with Crippen LogP contribution in [0.5, 0.6) is 0 Å². The first kappa shape index (κ1) is 48.7. The zero-order valence-corrected chi connectivity index (χ0v) is 30.6. The van der Waals surface area contributed by atoms with Gasteiger partial charge in [-0.2, -0.15) is 0 Å². The van der Waals surface area contributed by atoms with Crippen molar-refractivity contribution >= 4 is 11.9 Å². The minimum Gasteiger partial charge on any atom is -2.00 e. The number of carbonyl (C=O) groups excluding carboxylic acids is 2. The molecule has 0 atom stereocenters. The van der Waals surface area contributed by atoms with E-state index in [2.05, 4.69) is 13.8 Å². The first-order valence-electron chi connectivity index (χ1n) is 17.9. The third-order valence-corrected chi connectivity index (χ3v) is 7.97. The van der Waals surface area contributed by atoms with Crippen molar-refractivity contribution in [3.63, 3.8) is 0 Å². The van der Waals surface area contributed by atoms with Crippen LogP contribution in [0.3, 0.4) is 0 Å². The van der Waals surface area contributed by atoms with Gasteiger partial charge in [0.2, 0.25) is 0 Å². The number of carboxylic acid groups (broad SMARTS) is 2. The van der Waals surface area contributed by atoms with E-state index >= 15 is 0 Å². The zero-order valence-electron chi connectivity index (χ0n) is 28.2. The van der Waals surface area contributed by atoms with Crippen LogP contribution in [0.2, 0.25) is 0 Å².